The molecular weight excluding hydrogens is 204 g/mol. The first kappa shape index (κ1) is 11.0. The Hall–Kier alpha value is -1.55. The first-order valence-electron chi connectivity index (χ1n) is 5.39. The number of ether oxygens (including phenoxy) is 1. The largest absolute Gasteiger partial charge is 0.371 e. The number of rotatable bonds is 3. The van der Waals surface area contributed by atoms with E-state index in [1.807, 2.05) is 32.0 Å². The number of nitrogens with one attached hydrogen (secondary N) is 2. The highest BCUT2D eigenvalue weighted by Crippen LogP contribution is 2.15. The summed E-state index contributed by atoms with van der Waals surface area (Å²) < 4.78 is 5.01. The molecule has 1 fully saturated rings. The van der Waals surface area contributed by atoms with Gasteiger partial charge in [0, 0.05) is 12.2 Å². The van der Waals surface area contributed by atoms with Gasteiger partial charge in [-0.3, -0.25) is 0 Å². The molecular formula is C12H16N2O2. The average molecular weight is 220 g/mol. The van der Waals surface area contributed by atoms with Gasteiger partial charge in [-0.05, 0) is 25.5 Å². The molecule has 2 N–H and O–H groups in total. The third-order valence-corrected chi connectivity index (χ3v) is 2.52. The average Bonchev–Trinajstić information content (AvgIpc) is 3.03. The Labute approximate surface area is 95.0 Å². The summed E-state index contributed by atoms with van der Waals surface area (Å²) in [5, 5.41) is 5.57. The first-order valence-corrected chi connectivity index (χ1v) is 5.39. The number of benzene rings is 1. The summed E-state index contributed by atoms with van der Waals surface area (Å²) in [4.78, 5) is 11.5. The maximum atomic E-state index is 11.5. The van der Waals surface area contributed by atoms with Crippen molar-refractivity contribution in [1.82, 2.24) is 5.32 Å². The Morgan fingerprint density at radius 2 is 2.25 bits per heavy atom. The van der Waals surface area contributed by atoms with Crippen molar-refractivity contribution in [3.8, 4) is 0 Å². The number of epoxide rings is 1. The Morgan fingerprint density at radius 3 is 2.88 bits per heavy atom. The molecule has 0 aromatic heterocycles. The fraction of sp³-hybridized carbons (Fsp3) is 0.417. The van der Waals surface area contributed by atoms with Crippen LogP contribution >= 0.6 is 0 Å². The van der Waals surface area contributed by atoms with Crippen molar-refractivity contribution in [3.05, 3.63) is 29.3 Å². The van der Waals surface area contributed by atoms with Gasteiger partial charge in [0.25, 0.3) is 0 Å². The highest BCUT2D eigenvalue weighted by molar-refractivity contribution is 5.90. The monoisotopic (exact) mass is 220 g/mol. The fourth-order valence-electron chi connectivity index (χ4n) is 1.51. The van der Waals surface area contributed by atoms with Crippen LogP contribution < -0.4 is 10.6 Å². The van der Waals surface area contributed by atoms with Gasteiger partial charge >= 0.3 is 6.03 Å². The molecule has 2 rings (SSSR count). The summed E-state index contributed by atoms with van der Waals surface area (Å²) in [6.07, 6.45) is 0.213. The third-order valence-electron chi connectivity index (χ3n) is 2.52. The predicted molar refractivity (Wildman–Crippen MR) is 62.7 cm³/mol. The van der Waals surface area contributed by atoms with E-state index in [-0.39, 0.29) is 12.1 Å². The molecule has 4 heteroatoms. The van der Waals surface area contributed by atoms with Crippen molar-refractivity contribution in [2.24, 2.45) is 0 Å². The molecule has 0 aliphatic carbocycles. The molecule has 1 aliphatic rings. The summed E-state index contributed by atoms with van der Waals surface area (Å²) in [7, 11) is 0. The number of carbonyl (C=O) groups is 1. The highest BCUT2D eigenvalue weighted by atomic mass is 16.6. The van der Waals surface area contributed by atoms with Gasteiger partial charge in [0.15, 0.2) is 0 Å². The van der Waals surface area contributed by atoms with E-state index in [9.17, 15) is 4.79 Å². The van der Waals surface area contributed by atoms with Crippen molar-refractivity contribution in [3.63, 3.8) is 0 Å². The summed E-state index contributed by atoms with van der Waals surface area (Å²) in [6, 6.07) is 5.76. The van der Waals surface area contributed by atoms with Gasteiger partial charge in [-0.25, -0.2) is 4.79 Å². The van der Waals surface area contributed by atoms with Crippen LogP contribution in [-0.4, -0.2) is 25.3 Å². The molecule has 1 atom stereocenters. The van der Waals surface area contributed by atoms with E-state index < -0.39 is 0 Å². The van der Waals surface area contributed by atoms with Crippen molar-refractivity contribution < 1.29 is 9.53 Å². The van der Waals surface area contributed by atoms with Gasteiger partial charge in [-0.15, -0.1) is 0 Å². The smallest absolute Gasteiger partial charge is 0.319 e. The van der Waals surface area contributed by atoms with Crippen LogP contribution in [0.5, 0.6) is 0 Å². The zero-order valence-electron chi connectivity index (χ0n) is 9.54. The molecule has 16 heavy (non-hydrogen) atoms. The van der Waals surface area contributed by atoms with Crippen molar-refractivity contribution in [2.75, 3.05) is 18.5 Å². The van der Waals surface area contributed by atoms with E-state index >= 15 is 0 Å². The fourth-order valence-corrected chi connectivity index (χ4v) is 1.51. The maximum absolute atomic E-state index is 11.5. The number of urea groups is 1. The first-order chi connectivity index (χ1) is 7.65. The molecule has 0 radical (unpaired) electrons. The molecule has 0 saturated carbocycles. The molecule has 1 aromatic carbocycles. The summed E-state index contributed by atoms with van der Waals surface area (Å²) in [5.74, 6) is 0. The van der Waals surface area contributed by atoms with Crippen LogP contribution in [0.1, 0.15) is 11.1 Å². The Morgan fingerprint density at radius 1 is 1.50 bits per heavy atom. The molecule has 1 saturated heterocycles. The zero-order valence-corrected chi connectivity index (χ0v) is 9.54. The summed E-state index contributed by atoms with van der Waals surface area (Å²) in [6.45, 7) is 5.34. The third kappa shape index (κ3) is 2.97. The molecule has 86 valence electrons. The molecule has 4 nitrogen and oxygen atoms in total. The minimum absolute atomic E-state index is 0.178. The lowest BCUT2D eigenvalue weighted by Gasteiger charge is -2.09. The van der Waals surface area contributed by atoms with Crippen LogP contribution in [0.3, 0.4) is 0 Å². The van der Waals surface area contributed by atoms with Crippen LogP contribution in [0.4, 0.5) is 10.5 Å². The second kappa shape index (κ2) is 4.53. The van der Waals surface area contributed by atoms with Crippen LogP contribution in [0.25, 0.3) is 0 Å². The van der Waals surface area contributed by atoms with Gasteiger partial charge in [0.05, 0.1) is 12.7 Å². The standard InChI is InChI=1S/C12H16N2O2/c1-8-3-4-11(9(2)5-8)14-12(15)13-6-10-7-16-10/h3-5,10H,6-7H2,1-2H3,(H2,13,14,15)/t10-/m0/s1. The van der Waals surface area contributed by atoms with Crippen LogP contribution in [0.15, 0.2) is 18.2 Å². The Bertz CT molecular complexity index is 400. The van der Waals surface area contributed by atoms with Gasteiger partial charge < -0.3 is 15.4 Å². The topological polar surface area (TPSA) is 53.7 Å². The SMILES string of the molecule is Cc1ccc(NC(=O)NC[C@H]2CO2)c(C)c1. The van der Waals surface area contributed by atoms with E-state index in [1.165, 1.54) is 5.56 Å². The van der Waals surface area contributed by atoms with Gasteiger partial charge in [-0.1, -0.05) is 17.7 Å². The van der Waals surface area contributed by atoms with E-state index in [0.717, 1.165) is 17.9 Å². The number of anilines is 1. The molecule has 1 heterocycles. The van der Waals surface area contributed by atoms with E-state index in [1.54, 1.807) is 0 Å². The normalized spacial score (nSPS) is 18.0. The number of hydrogen-bond acceptors (Lipinski definition) is 2. The van der Waals surface area contributed by atoms with E-state index in [4.69, 9.17) is 4.74 Å². The molecule has 2 amide bonds. The van der Waals surface area contributed by atoms with Gasteiger partial charge in [0.2, 0.25) is 0 Å². The lowest BCUT2D eigenvalue weighted by atomic mass is 10.1. The van der Waals surface area contributed by atoms with Gasteiger partial charge in [0.1, 0.15) is 0 Å². The second-order valence-electron chi connectivity index (χ2n) is 4.11. The number of carbonyl (C=O) groups excluding carboxylic acids is 1. The second-order valence-corrected chi connectivity index (χ2v) is 4.11. The van der Waals surface area contributed by atoms with Crippen LogP contribution in [-0.2, 0) is 4.74 Å². The number of amides is 2. The lowest BCUT2D eigenvalue weighted by Crippen LogP contribution is -2.32. The quantitative estimate of drug-likeness (QED) is 0.763. The highest BCUT2D eigenvalue weighted by Gasteiger charge is 2.22. The molecule has 0 bridgehead atoms. The summed E-state index contributed by atoms with van der Waals surface area (Å²) >= 11 is 0. The minimum atomic E-state index is -0.178. The molecule has 1 aromatic rings. The Kier molecular flexibility index (Phi) is 3.10. The van der Waals surface area contributed by atoms with E-state index in [0.29, 0.717) is 6.54 Å². The van der Waals surface area contributed by atoms with Crippen molar-refractivity contribution in [1.29, 1.82) is 0 Å². The predicted octanol–water partition coefficient (Wildman–Crippen LogP) is 1.82. The van der Waals surface area contributed by atoms with E-state index in [2.05, 4.69) is 10.6 Å². The molecule has 0 unspecified atom stereocenters. The lowest BCUT2D eigenvalue weighted by molar-refractivity contribution is 0.250. The zero-order chi connectivity index (χ0) is 11.5. The van der Waals surface area contributed by atoms with Crippen molar-refractivity contribution in [2.45, 2.75) is 20.0 Å². The molecule has 1 aliphatic heterocycles. The van der Waals surface area contributed by atoms with Crippen molar-refractivity contribution >= 4 is 11.7 Å². The number of aryl methyl sites for hydroxylation is 2. The Balaban J connectivity index is 1.89. The molecule has 0 spiro atoms. The van der Waals surface area contributed by atoms with Gasteiger partial charge in [-0.2, -0.15) is 0 Å². The maximum Gasteiger partial charge on any atom is 0.319 e. The number of hydrogen-bond donors (Lipinski definition) is 2. The van der Waals surface area contributed by atoms with Crippen LogP contribution in [0, 0.1) is 13.8 Å². The van der Waals surface area contributed by atoms with Crippen LogP contribution in [0.2, 0.25) is 0 Å². The minimum Gasteiger partial charge on any atom is -0.371 e. The summed E-state index contributed by atoms with van der Waals surface area (Å²) in [5.41, 5.74) is 3.10.